The van der Waals surface area contributed by atoms with Gasteiger partial charge in [0, 0.05) is 0 Å². The van der Waals surface area contributed by atoms with Crippen LogP contribution in [0.15, 0.2) is 42.5 Å². The lowest BCUT2D eigenvalue weighted by Crippen LogP contribution is -2.14. The van der Waals surface area contributed by atoms with Gasteiger partial charge in [0.1, 0.15) is 5.82 Å². The van der Waals surface area contributed by atoms with Gasteiger partial charge in [0.2, 0.25) is 0 Å². The van der Waals surface area contributed by atoms with Gasteiger partial charge in [-0.3, -0.25) is 0 Å². The van der Waals surface area contributed by atoms with Crippen molar-refractivity contribution in [2.45, 2.75) is 19.1 Å². The third kappa shape index (κ3) is 2.99. The Balaban J connectivity index is 2.31. The molecule has 0 aliphatic carbocycles. The van der Waals surface area contributed by atoms with E-state index in [1.165, 1.54) is 24.3 Å². The fraction of sp³-hybridized carbons (Fsp3) is 0.200. The minimum absolute atomic E-state index is 0.370. The van der Waals surface area contributed by atoms with E-state index in [0.29, 0.717) is 16.7 Å². The zero-order valence-corrected chi connectivity index (χ0v) is 10.7. The first-order valence-electron chi connectivity index (χ1n) is 5.98. The number of benzene rings is 2. The van der Waals surface area contributed by atoms with Crippen LogP contribution in [0.3, 0.4) is 0 Å². The van der Waals surface area contributed by atoms with Gasteiger partial charge in [-0.15, -0.1) is 0 Å². The number of aryl methyl sites for hydroxylation is 1. The van der Waals surface area contributed by atoms with Crippen LogP contribution in [0.5, 0.6) is 0 Å². The Morgan fingerprint density at radius 3 is 2.10 bits per heavy atom. The fourth-order valence-electron chi connectivity index (χ4n) is 2.05. The standard InChI is InChI=1S/C15H13F4N/c1-9-8-12(16)6-7-13(9)14(20)10-2-4-11(5-3-10)15(17,18)19/h2-8,14H,20H2,1H3. The number of alkyl halides is 3. The van der Waals surface area contributed by atoms with E-state index in [1.54, 1.807) is 13.0 Å². The summed E-state index contributed by atoms with van der Waals surface area (Å²) in [4.78, 5) is 0. The molecular weight excluding hydrogens is 270 g/mol. The lowest BCUT2D eigenvalue weighted by atomic mass is 9.95. The molecule has 1 unspecified atom stereocenters. The van der Waals surface area contributed by atoms with Crippen molar-refractivity contribution in [3.05, 3.63) is 70.5 Å². The summed E-state index contributed by atoms with van der Waals surface area (Å²) in [5, 5.41) is 0. The third-order valence-electron chi connectivity index (χ3n) is 3.16. The zero-order valence-electron chi connectivity index (χ0n) is 10.7. The van der Waals surface area contributed by atoms with Gasteiger partial charge in [-0.05, 0) is 47.9 Å². The van der Waals surface area contributed by atoms with E-state index in [9.17, 15) is 17.6 Å². The van der Waals surface area contributed by atoms with E-state index < -0.39 is 17.8 Å². The number of hydrogen-bond donors (Lipinski definition) is 1. The normalized spacial score (nSPS) is 13.3. The molecule has 2 aromatic rings. The molecule has 0 saturated carbocycles. The summed E-state index contributed by atoms with van der Waals surface area (Å²) in [7, 11) is 0. The molecular formula is C15H13F4N. The number of halogens is 4. The monoisotopic (exact) mass is 283 g/mol. The van der Waals surface area contributed by atoms with Crippen LogP contribution in [-0.2, 0) is 6.18 Å². The topological polar surface area (TPSA) is 26.0 Å². The maximum Gasteiger partial charge on any atom is 0.416 e. The van der Waals surface area contributed by atoms with Gasteiger partial charge in [-0.1, -0.05) is 18.2 Å². The van der Waals surface area contributed by atoms with E-state index in [2.05, 4.69) is 0 Å². The fourth-order valence-corrected chi connectivity index (χ4v) is 2.05. The first kappa shape index (κ1) is 14.5. The van der Waals surface area contributed by atoms with Crippen molar-refractivity contribution in [2.75, 3.05) is 0 Å². The molecule has 0 fully saturated rings. The Labute approximate surface area is 114 Å². The molecule has 1 atom stereocenters. The van der Waals surface area contributed by atoms with E-state index in [1.807, 2.05) is 0 Å². The van der Waals surface area contributed by atoms with E-state index in [0.717, 1.165) is 12.1 Å². The highest BCUT2D eigenvalue weighted by Gasteiger charge is 2.30. The van der Waals surface area contributed by atoms with Gasteiger partial charge in [0.25, 0.3) is 0 Å². The maximum atomic E-state index is 13.0. The minimum atomic E-state index is -4.37. The van der Waals surface area contributed by atoms with E-state index in [4.69, 9.17) is 5.73 Å². The molecule has 20 heavy (non-hydrogen) atoms. The number of nitrogens with two attached hydrogens (primary N) is 1. The SMILES string of the molecule is Cc1cc(F)ccc1C(N)c1ccc(C(F)(F)F)cc1. The lowest BCUT2D eigenvalue weighted by molar-refractivity contribution is -0.137. The predicted molar refractivity (Wildman–Crippen MR) is 68.6 cm³/mol. The summed E-state index contributed by atoms with van der Waals surface area (Å²) in [5.41, 5.74) is 7.20. The second-order valence-electron chi connectivity index (χ2n) is 4.60. The molecule has 0 aromatic heterocycles. The molecule has 0 heterocycles. The molecule has 0 saturated heterocycles. The molecule has 0 aliphatic rings. The smallest absolute Gasteiger partial charge is 0.320 e. The summed E-state index contributed by atoms with van der Waals surface area (Å²) in [5.74, 6) is -0.370. The summed E-state index contributed by atoms with van der Waals surface area (Å²) in [6, 6.07) is 8.27. The van der Waals surface area contributed by atoms with Crippen molar-refractivity contribution in [2.24, 2.45) is 5.73 Å². The summed E-state index contributed by atoms with van der Waals surface area (Å²) in [6.45, 7) is 1.71. The zero-order chi connectivity index (χ0) is 14.9. The second kappa shape index (κ2) is 5.25. The molecule has 106 valence electrons. The lowest BCUT2D eigenvalue weighted by Gasteiger charge is -2.16. The second-order valence-corrected chi connectivity index (χ2v) is 4.60. The first-order chi connectivity index (χ1) is 9.29. The molecule has 0 radical (unpaired) electrons. The number of hydrogen-bond acceptors (Lipinski definition) is 1. The Kier molecular flexibility index (Phi) is 3.81. The summed E-state index contributed by atoms with van der Waals surface area (Å²) >= 11 is 0. The van der Waals surface area contributed by atoms with Crippen LogP contribution in [0.25, 0.3) is 0 Å². The van der Waals surface area contributed by atoms with Crippen LogP contribution < -0.4 is 5.73 Å². The largest absolute Gasteiger partial charge is 0.416 e. The van der Waals surface area contributed by atoms with Crippen LogP contribution in [0.1, 0.15) is 28.3 Å². The minimum Gasteiger partial charge on any atom is -0.320 e. The van der Waals surface area contributed by atoms with Crippen molar-refractivity contribution >= 4 is 0 Å². The number of rotatable bonds is 2. The van der Waals surface area contributed by atoms with Crippen molar-refractivity contribution in [3.8, 4) is 0 Å². The quantitative estimate of drug-likeness (QED) is 0.821. The van der Waals surface area contributed by atoms with Crippen molar-refractivity contribution < 1.29 is 17.6 Å². The average molecular weight is 283 g/mol. The highest BCUT2D eigenvalue weighted by Crippen LogP contribution is 2.31. The Bertz CT molecular complexity index is 602. The Morgan fingerprint density at radius 2 is 1.60 bits per heavy atom. The molecule has 2 N–H and O–H groups in total. The summed E-state index contributed by atoms with van der Waals surface area (Å²) in [6.07, 6.45) is -4.37. The van der Waals surface area contributed by atoms with Crippen LogP contribution in [0.2, 0.25) is 0 Å². The first-order valence-corrected chi connectivity index (χ1v) is 5.98. The van der Waals surface area contributed by atoms with Crippen LogP contribution in [0.4, 0.5) is 17.6 Å². The van der Waals surface area contributed by atoms with Crippen LogP contribution in [-0.4, -0.2) is 0 Å². The highest BCUT2D eigenvalue weighted by molar-refractivity contribution is 5.38. The third-order valence-corrected chi connectivity index (χ3v) is 3.16. The van der Waals surface area contributed by atoms with Gasteiger partial charge in [-0.2, -0.15) is 13.2 Å². The van der Waals surface area contributed by atoms with Gasteiger partial charge < -0.3 is 5.73 Å². The highest BCUT2D eigenvalue weighted by atomic mass is 19.4. The van der Waals surface area contributed by atoms with Gasteiger partial charge in [0.15, 0.2) is 0 Å². The molecule has 0 aliphatic heterocycles. The summed E-state index contributed by atoms with van der Waals surface area (Å²) < 4.78 is 50.5. The average Bonchev–Trinajstić information content (AvgIpc) is 2.37. The molecule has 0 bridgehead atoms. The van der Waals surface area contributed by atoms with Crippen molar-refractivity contribution in [3.63, 3.8) is 0 Å². The van der Waals surface area contributed by atoms with Gasteiger partial charge >= 0.3 is 6.18 Å². The molecule has 1 nitrogen and oxygen atoms in total. The molecule has 2 aromatic carbocycles. The molecule has 0 spiro atoms. The Hall–Kier alpha value is -1.88. The van der Waals surface area contributed by atoms with E-state index in [-0.39, 0.29) is 5.82 Å². The predicted octanol–water partition coefficient (Wildman–Crippen LogP) is 4.20. The Morgan fingerprint density at radius 1 is 1.00 bits per heavy atom. The maximum absolute atomic E-state index is 13.0. The van der Waals surface area contributed by atoms with Crippen LogP contribution in [0, 0.1) is 12.7 Å². The molecule has 0 amide bonds. The van der Waals surface area contributed by atoms with E-state index >= 15 is 0 Å². The van der Waals surface area contributed by atoms with Crippen LogP contribution >= 0.6 is 0 Å². The van der Waals surface area contributed by atoms with Gasteiger partial charge in [-0.25, -0.2) is 4.39 Å². The molecule has 2 rings (SSSR count). The van der Waals surface area contributed by atoms with Crippen molar-refractivity contribution in [1.29, 1.82) is 0 Å². The van der Waals surface area contributed by atoms with Crippen molar-refractivity contribution in [1.82, 2.24) is 0 Å². The van der Waals surface area contributed by atoms with Gasteiger partial charge in [0.05, 0.1) is 11.6 Å². The molecule has 5 heteroatoms.